The summed E-state index contributed by atoms with van der Waals surface area (Å²) in [6.07, 6.45) is -1.76. The number of rotatable bonds is 14. The Kier molecular flexibility index (Phi) is 15.6. The van der Waals surface area contributed by atoms with Crippen LogP contribution in [-0.2, 0) is 28.9 Å². The van der Waals surface area contributed by atoms with Gasteiger partial charge in [0.2, 0.25) is 11.8 Å². The molecule has 10 heteroatoms. The van der Waals surface area contributed by atoms with Crippen molar-refractivity contribution in [2.45, 2.75) is 69.5 Å². The Morgan fingerprint density at radius 1 is 0.630 bits per heavy atom. The highest BCUT2D eigenvalue weighted by Crippen LogP contribution is 2.17. The fourth-order valence-electron chi connectivity index (χ4n) is 5.40. The number of amides is 2. The van der Waals surface area contributed by atoms with Gasteiger partial charge < -0.3 is 32.3 Å². The molecule has 4 aromatic carbocycles. The Hall–Kier alpha value is -3.50. The van der Waals surface area contributed by atoms with Gasteiger partial charge in [0.25, 0.3) is 0 Å². The van der Waals surface area contributed by atoms with Gasteiger partial charge in [-0.2, -0.15) is 0 Å². The van der Waals surface area contributed by atoms with Gasteiger partial charge >= 0.3 is 0 Å². The molecular weight excluding hydrogens is 623 g/mol. The first-order valence-electron chi connectivity index (χ1n) is 15.2. The van der Waals surface area contributed by atoms with Crippen molar-refractivity contribution in [1.29, 1.82) is 0 Å². The number of carbonyl (C=O) groups is 2. The highest BCUT2D eigenvalue weighted by atomic mass is 35.5. The summed E-state index contributed by atoms with van der Waals surface area (Å²) in [5.74, 6) is -1.20. The van der Waals surface area contributed by atoms with E-state index in [1.54, 1.807) is 0 Å². The van der Waals surface area contributed by atoms with Crippen molar-refractivity contribution in [3.8, 4) is 0 Å². The Labute approximate surface area is 283 Å². The van der Waals surface area contributed by atoms with Crippen molar-refractivity contribution < 1.29 is 19.8 Å². The molecule has 2 amide bonds. The minimum absolute atomic E-state index is 0. The Balaban J connectivity index is 0.00000368. The smallest absolute Gasteiger partial charge is 0.243 e. The number of halogens is 2. The molecule has 0 heterocycles. The quantitative estimate of drug-likeness (QED) is 0.121. The van der Waals surface area contributed by atoms with Crippen LogP contribution in [0.4, 0.5) is 0 Å². The number of nitrogens with one attached hydrogen (secondary N) is 2. The van der Waals surface area contributed by atoms with Crippen LogP contribution in [0.5, 0.6) is 0 Å². The molecule has 6 atom stereocenters. The second-order valence-corrected chi connectivity index (χ2v) is 11.9. The molecule has 0 fully saturated rings. The molecule has 0 aromatic heterocycles. The van der Waals surface area contributed by atoms with Crippen LogP contribution in [0.3, 0.4) is 0 Å². The van der Waals surface area contributed by atoms with Crippen LogP contribution in [0.1, 0.15) is 30.5 Å². The third-order valence-electron chi connectivity index (χ3n) is 7.99. The zero-order valence-electron chi connectivity index (χ0n) is 26.2. The predicted octanol–water partition coefficient (Wildman–Crippen LogP) is 3.71. The summed E-state index contributed by atoms with van der Waals surface area (Å²) in [6.45, 7) is 3.65. The average Bonchev–Trinajstić information content (AvgIpc) is 3.03. The van der Waals surface area contributed by atoms with Gasteiger partial charge in [-0.25, -0.2) is 0 Å². The predicted molar refractivity (Wildman–Crippen MR) is 189 cm³/mol. The molecular formula is C36H46Cl2N4O4. The van der Waals surface area contributed by atoms with Crippen molar-refractivity contribution in [1.82, 2.24) is 10.6 Å². The van der Waals surface area contributed by atoms with Crippen LogP contribution in [0.25, 0.3) is 10.8 Å². The SMILES string of the molecule is CC(C)[C@H](NC(=O)C(N)Cc1ccc2ccccc2c1)C(=O)N[C@@H](Cc1ccccc1)[C@@H](O)[C@H](O)[C@@H](N)Cc1ccccc1.Cl.Cl. The number of hydrogen-bond acceptors (Lipinski definition) is 6. The van der Waals surface area contributed by atoms with Gasteiger partial charge in [0.05, 0.1) is 18.2 Å². The molecule has 248 valence electrons. The molecule has 0 saturated heterocycles. The fraction of sp³-hybridized carbons (Fsp3) is 0.333. The molecule has 0 spiro atoms. The highest BCUT2D eigenvalue weighted by molar-refractivity contribution is 5.90. The van der Waals surface area contributed by atoms with Gasteiger partial charge in [-0.3, -0.25) is 9.59 Å². The molecule has 0 aliphatic heterocycles. The van der Waals surface area contributed by atoms with Crippen LogP contribution in [0, 0.1) is 5.92 Å². The Morgan fingerprint density at radius 2 is 1.17 bits per heavy atom. The van der Waals surface area contributed by atoms with E-state index in [1.807, 2.05) is 117 Å². The molecule has 0 radical (unpaired) electrons. The van der Waals surface area contributed by atoms with E-state index in [0.717, 1.165) is 27.5 Å². The van der Waals surface area contributed by atoms with Crippen molar-refractivity contribution in [2.75, 3.05) is 0 Å². The fourth-order valence-corrected chi connectivity index (χ4v) is 5.40. The maximum atomic E-state index is 13.6. The van der Waals surface area contributed by atoms with E-state index in [0.29, 0.717) is 12.8 Å². The molecule has 4 rings (SSSR count). The lowest BCUT2D eigenvalue weighted by atomic mass is 9.91. The van der Waals surface area contributed by atoms with E-state index in [4.69, 9.17) is 11.5 Å². The summed E-state index contributed by atoms with van der Waals surface area (Å²) in [7, 11) is 0. The summed E-state index contributed by atoms with van der Waals surface area (Å²) in [6, 6.07) is 29.4. The molecule has 0 saturated carbocycles. The van der Waals surface area contributed by atoms with E-state index in [2.05, 4.69) is 10.6 Å². The van der Waals surface area contributed by atoms with Gasteiger partial charge in [0.15, 0.2) is 0 Å². The van der Waals surface area contributed by atoms with Gasteiger partial charge in [0.1, 0.15) is 12.1 Å². The molecule has 8 N–H and O–H groups in total. The van der Waals surface area contributed by atoms with Gasteiger partial charge in [-0.1, -0.05) is 117 Å². The summed E-state index contributed by atoms with van der Waals surface area (Å²) in [5, 5.41) is 30.3. The van der Waals surface area contributed by atoms with Gasteiger partial charge in [0, 0.05) is 6.04 Å². The van der Waals surface area contributed by atoms with E-state index in [9.17, 15) is 19.8 Å². The minimum Gasteiger partial charge on any atom is -0.389 e. The molecule has 1 unspecified atom stereocenters. The lowest BCUT2D eigenvalue weighted by Crippen LogP contribution is -2.60. The highest BCUT2D eigenvalue weighted by Gasteiger charge is 2.34. The summed E-state index contributed by atoms with van der Waals surface area (Å²) >= 11 is 0. The van der Waals surface area contributed by atoms with Crippen LogP contribution in [0.2, 0.25) is 0 Å². The zero-order valence-corrected chi connectivity index (χ0v) is 27.8. The number of benzene rings is 4. The van der Waals surface area contributed by atoms with E-state index in [-0.39, 0.29) is 37.2 Å². The molecule has 8 nitrogen and oxygen atoms in total. The topological polar surface area (TPSA) is 151 Å². The minimum atomic E-state index is -1.36. The lowest BCUT2D eigenvalue weighted by Gasteiger charge is -2.33. The first kappa shape index (κ1) is 38.7. The van der Waals surface area contributed by atoms with Crippen LogP contribution < -0.4 is 22.1 Å². The monoisotopic (exact) mass is 668 g/mol. The molecule has 0 bridgehead atoms. The maximum Gasteiger partial charge on any atom is 0.243 e. The third-order valence-corrected chi connectivity index (χ3v) is 7.99. The first-order valence-corrected chi connectivity index (χ1v) is 15.2. The number of aliphatic hydroxyl groups is 2. The molecule has 4 aromatic rings. The molecule has 46 heavy (non-hydrogen) atoms. The summed E-state index contributed by atoms with van der Waals surface area (Å²) < 4.78 is 0. The van der Waals surface area contributed by atoms with E-state index in [1.165, 1.54) is 0 Å². The zero-order chi connectivity index (χ0) is 31.6. The first-order chi connectivity index (χ1) is 21.1. The largest absolute Gasteiger partial charge is 0.389 e. The second kappa shape index (κ2) is 18.6. The Morgan fingerprint density at radius 3 is 1.76 bits per heavy atom. The van der Waals surface area contributed by atoms with Crippen molar-refractivity contribution in [3.05, 3.63) is 120 Å². The van der Waals surface area contributed by atoms with Crippen LogP contribution >= 0.6 is 24.8 Å². The van der Waals surface area contributed by atoms with Gasteiger partial charge in [-0.15, -0.1) is 24.8 Å². The van der Waals surface area contributed by atoms with Crippen molar-refractivity contribution in [2.24, 2.45) is 17.4 Å². The maximum absolute atomic E-state index is 13.6. The standard InChI is InChI=1S/C36H44N4O4.2ClH/c1-23(2)32(40-35(43)30(38)21-26-17-18-27-15-9-10-16-28(27)19-26)36(44)39-31(22-25-13-7-4-8-14-25)34(42)33(41)29(37)20-24-11-5-3-6-12-24;;/h3-19,23,29-34,41-42H,20-22,37-38H2,1-2H3,(H,39,44)(H,40,43);2*1H/t29-,30?,31-,32-,33+,34+;;/m0../s1. The number of nitrogens with two attached hydrogens (primary N) is 2. The van der Waals surface area contributed by atoms with Gasteiger partial charge in [-0.05, 0) is 52.6 Å². The van der Waals surface area contributed by atoms with E-state index < -0.39 is 48.2 Å². The average molecular weight is 670 g/mol. The van der Waals surface area contributed by atoms with Crippen LogP contribution in [0.15, 0.2) is 103 Å². The lowest BCUT2D eigenvalue weighted by molar-refractivity contribution is -0.132. The number of carbonyl (C=O) groups excluding carboxylic acids is 2. The van der Waals surface area contributed by atoms with Crippen molar-refractivity contribution in [3.63, 3.8) is 0 Å². The summed E-state index contributed by atoms with van der Waals surface area (Å²) in [4.78, 5) is 26.8. The van der Waals surface area contributed by atoms with Crippen LogP contribution in [-0.4, -0.2) is 58.4 Å². The third kappa shape index (κ3) is 10.8. The number of aliphatic hydroxyl groups excluding tert-OH is 2. The Bertz CT molecular complexity index is 1510. The van der Waals surface area contributed by atoms with E-state index >= 15 is 0 Å². The second-order valence-electron chi connectivity index (χ2n) is 11.9. The molecule has 0 aliphatic rings. The normalized spacial score (nSPS) is 14.9. The summed E-state index contributed by atoms with van der Waals surface area (Å²) in [5.41, 5.74) is 15.3. The number of fused-ring (bicyclic) bond motifs is 1. The number of hydrogen-bond donors (Lipinski definition) is 6. The molecule has 0 aliphatic carbocycles. The van der Waals surface area contributed by atoms with Crippen molar-refractivity contribution >= 4 is 47.4 Å².